The first kappa shape index (κ1) is 24.3. The van der Waals surface area contributed by atoms with Gasteiger partial charge in [-0.25, -0.2) is 4.79 Å². The summed E-state index contributed by atoms with van der Waals surface area (Å²) in [5.41, 5.74) is 4.43. The van der Waals surface area contributed by atoms with Gasteiger partial charge in [0, 0.05) is 24.4 Å². The first-order valence-electron chi connectivity index (χ1n) is 13.2. The molecular weight excluding hydrogens is 408 g/mol. The van der Waals surface area contributed by atoms with Crippen molar-refractivity contribution >= 4 is 11.7 Å². The molecule has 5 heteroatoms. The highest BCUT2D eigenvalue weighted by atomic mass is 16.2. The van der Waals surface area contributed by atoms with Crippen LogP contribution < -0.4 is 10.2 Å². The van der Waals surface area contributed by atoms with Gasteiger partial charge in [-0.3, -0.25) is 14.7 Å². The Morgan fingerprint density at radius 1 is 1.00 bits per heavy atom. The van der Waals surface area contributed by atoms with Crippen LogP contribution in [0, 0.1) is 24.7 Å². The van der Waals surface area contributed by atoms with E-state index in [0.29, 0.717) is 6.54 Å². The zero-order valence-corrected chi connectivity index (χ0v) is 21.1. The van der Waals surface area contributed by atoms with E-state index in [0.717, 1.165) is 42.0 Å². The SMILES string of the molecule is C=C1CCN(c2ccc(CC3CCN(CN4CCC(CC(C)C)CC4)CC3)cc2C)C(=O)N1. The fourth-order valence-electron chi connectivity index (χ4n) is 5.99. The molecule has 0 saturated carbocycles. The minimum absolute atomic E-state index is 0.0568. The van der Waals surface area contributed by atoms with Crippen LogP contribution >= 0.6 is 0 Å². The van der Waals surface area contributed by atoms with Crippen LogP contribution in [0.15, 0.2) is 30.5 Å². The van der Waals surface area contributed by atoms with Crippen molar-refractivity contribution in [3.05, 3.63) is 41.6 Å². The van der Waals surface area contributed by atoms with Gasteiger partial charge in [-0.2, -0.15) is 0 Å². The number of aryl methyl sites for hydroxylation is 1. The van der Waals surface area contributed by atoms with Crippen molar-refractivity contribution < 1.29 is 4.79 Å². The quantitative estimate of drug-likeness (QED) is 0.602. The number of amides is 2. The lowest BCUT2D eigenvalue weighted by atomic mass is 9.88. The molecule has 0 bridgehead atoms. The number of hydrogen-bond donors (Lipinski definition) is 1. The van der Waals surface area contributed by atoms with E-state index in [1.54, 1.807) is 0 Å². The summed E-state index contributed by atoms with van der Waals surface area (Å²) < 4.78 is 0. The molecule has 0 unspecified atom stereocenters. The van der Waals surface area contributed by atoms with Crippen LogP contribution in [0.4, 0.5) is 10.5 Å². The lowest BCUT2D eigenvalue weighted by molar-refractivity contribution is 0.0682. The van der Waals surface area contributed by atoms with E-state index >= 15 is 0 Å². The molecule has 0 aliphatic carbocycles. The van der Waals surface area contributed by atoms with E-state index in [-0.39, 0.29) is 6.03 Å². The number of carbonyl (C=O) groups is 1. The number of nitrogens with one attached hydrogen (secondary N) is 1. The average Bonchev–Trinajstić information content (AvgIpc) is 2.77. The van der Waals surface area contributed by atoms with E-state index in [2.05, 4.69) is 60.7 Å². The number of anilines is 1. The number of likely N-dealkylation sites (tertiary alicyclic amines) is 2. The summed E-state index contributed by atoms with van der Waals surface area (Å²) in [6, 6.07) is 6.60. The molecule has 1 aromatic carbocycles. The summed E-state index contributed by atoms with van der Waals surface area (Å²) in [5.74, 6) is 2.56. The average molecular weight is 453 g/mol. The van der Waals surface area contributed by atoms with Gasteiger partial charge >= 0.3 is 6.03 Å². The lowest BCUT2D eigenvalue weighted by Crippen LogP contribution is -2.45. The summed E-state index contributed by atoms with van der Waals surface area (Å²) in [7, 11) is 0. The first-order valence-corrected chi connectivity index (χ1v) is 13.2. The molecular formula is C28H44N4O. The van der Waals surface area contributed by atoms with Gasteiger partial charge in [0.2, 0.25) is 0 Å². The molecule has 0 aromatic heterocycles. The summed E-state index contributed by atoms with van der Waals surface area (Å²) in [5, 5.41) is 2.86. The molecule has 2 amide bonds. The highest BCUT2D eigenvalue weighted by molar-refractivity contribution is 5.94. The molecule has 0 spiro atoms. The van der Waals surface area contributed by atoms with Crippen LogP contribution in [-0.4, -0.2) is 55.2 Å². The molecule has 3 saturated heterocycles. The Balaban J connectivity index is 1.21. The van der Waals surface area contributed by atoms with Crippen molar-refractivity contribution in [1.82, 2.24) is 15.1 Å². The van der Waals surface area contributed by atoms with Crippen molar-refractivity contribution in [2.75, 3.05) is 44.3 Å². The molecule has 3 aliphatic heterocycles. The van der Waals surface area contributed by atoms with Crippen LogP contribution in [0.1, 0.15) is 63.5 Å². The van der Waals surface area contributed by atoms with E-state index in [4.69, 9.17) is 0 Å². The summed E-state index contributed by atoms with van der Waals surface area (Å²) in [6.45, 7) is 17.6. The van der Waals surface area contributed by atoms with Gasteiger partial charge in [-0.15, -0.1) is 0 Å². The number of piperidine rings is 2. The van der Waals surface area contributed by atoms with E-state index in [1.165, 1.54) is 76.1 Å². The third-order valence-electron chi connectivity index (χ3n) is 7.86. The number of carbonyl (C=O) groups excluding carboxylic acids is 1. The van der Waals surface area contributed by atoms with Crippen LogP contribution in [0.25, 0.3) is 0 Å². The van der Waals surface area contributed by atoms with Crippen LogP contribution in [-0.2, 0) is 6.42 Å². The molecule has 3 fully saturated rings. The van der Waals surface area contributed by atoms with Gasteiger partial charge in [-0.1, -0.05) is 32.6 Å². The second-order valence-corrected chi connectivity index (χ2v) is 11.2. The maximum absolute atomic E-state index is 12.3. The van der Waals surface area contributed by atoms with Gasteiger partial charge in [-0.05, 0) is 107 Å². The summed E-state index contributed by atoms with van der Waals surface area (Å²) >= 11 is 0. The molecule has 33 heavy (non-hydrogen) atoms. The summed E-state index contributed by atoms with van der Waals surface area (Å²) in [6.07, 6.45) is 8.72. The van der Waals surface area contributed by atoms with Gasteiger partial charge in [0.1, 0.15) is 0 Å². The van der Waals surface area contributed by atoms with Crippen molar-refractivity contribution in [1.29, 1.82) is 0 Å². The number of rotatable bonds is 7. The Kier molecular flexibility index (Phi) is 8.13. The number of nitrogens with zero attached hydrogens (tertiary/aromatic N) is 3. The smallest absolute Gasteiger partial charge is 0.312 e. The minimum atomic E-state index is -0.0568. The molecule has 0 atom stereocenters. The second kappa shape index (κ2) is 11.1. The van der Waals surface area contributed by atoms with Crippen molar-refractivity contribution in [2.24, 2.45) is 17.8 Å². The molecule has 3 heterocycles. The molecule has 1 aromatic rings. The maximum atomic E-state index is 12.3. The van der Waals surface area contributed by atoms with Gasteiger partial charge in [0.15, 0.2) is 0 Å². The lowest BCUT2D eigenvalue weighted by Gasteiger charge is -2.39. The van der Waals surface area contributed by atoms with E-state index in [9.17, 15) is 4.79 Å². The van der Waals surface area contributed by atoms with Gasteiger partial charge < -0.3 is 5.32 Å². The Morgan fingerprint density at radius 3 is 2.21 bits per heavy atom. The largest absolute Gasteiger partial charge is 0.326 e. The Bertz CT molecular complexity index is 819. The van der Waals surface area contributed by atoms with E-state index in [1.807, 2.05) is 4.90 Å². The fourth-order valence-corrected chi connectivity index (χ4v) is 5.99. The number of hydrogen-bond acceptors (Lipinski definition) is 3. The zero-order valence-electron chi connectivity index (χ0n) is 21.1. The molecule has 4 rings (SSSR count). The Labute approximate surface area is 201 Å². The highest BCUT2D eigenvalue weighted by Crippen LogP contribution is 2.28. The van der Waals surface area contributed by atoms with Crippen molar-refractivity contribution in [3.63, 3.8) is 0 Å². The number of urea groups is 1. The maximum Gasteiger partial charge on any atom is 0.326 e. The third-order valence-corrected chi connectivity index (χ3v) is 7.86. The van der Waals surface area contributed by atoms with Gasteiger partial charge in [0.05, 0.1) is 6.67 Å². The second-order valence-electron chi connectivity index (χ2n) is 11.2. The third kappa shape index (κ3) is 6.60. The molecule has 1 N–H and O–H groups in total. The zero-order chi connectivity index (χ0) is 23.4. The highest BCUT2D eigenvalue weighted by Gasteiger charge is 2.25. The van der Waals surface area contributed by atoms with Crippen LogP contribution in [0.5, 0.6) is 0 Å². The van der Waals surface area contributed by atoms with Crippen LogP contribution in [0.3, 0.4) is 0 Å². The van der Waals surface area contributed by atoms with Crippen molar-refractivity contribution in [3.8, 4) is 0 Å². The normalized spacial score (nSPS) is 22.2. The van der Waals surface area contributed by atoms with Crippen molar-refractivity contribution in [2.45, 2.75) is 65.7 Å². The summed E-state index contributed by atoms with van der Waals surface area (Å²) in [4.78, 5) is 19.5. The number of benzene rings is 1. The van der Waals surface area contributed by atoms with Gasteiger partial charge in [0.25, 0.3) is 0 Å². The topological polar surface area (TPSA) is 38.8 Å². The molecule has 3 aliphatic rings. The predicted octanol–water partition coefficient (Wildman–Crippen LogP) is 5.40. The monoisotopic (exact) mass is 452 g/mol. The standard InChI is InChI=1S/C28H44N4O/c1-21(2)17-24-8-12-30(13-9-24)20-31-14-10-25(11-15-31)19-26-5-6-27(22(3)18-26)32-16-7-23(4)29-28(32)33/h5-6,18,21,24-25H,4,7-17,19-20H2,1-3H3,(H,29,33). The molecule has 0 radical (unpaired) electrons. The fraction of sp³-hybridized carbons (Fsp3) is 0.679. The Morgan fingerprint density at radius 2 is 1.64 bits per heavy atom. The minimum Gasteiger partial charge on any atom is -0.312 e. The predicted molar refractivity (Wildman–Crippen MR) is 137 cm³/mol. The van der Waals surface area contributed by atoms with Crippen LogP contribution in [0.2, 0.25) is 0 Å². The first-order chi connectivity index (χ1) is 15.9. The Hall–Kier alpha value is -1.85. The molecule has 182 valence electrons. The van der Waals surface area contributed by atoms with E-state index < -0.39 is 0 Å². The molecule has 5 nitrogen and oxygen atoms in total.